The molecule has 1 spiro atoms. The van der Waals surface area contributed by atoms with Crippen LogP contribution in [-0.4, -0.2) is 57.8 Å². The molecule has 0 radical (unpaired) electrons. The molecule has 34 heavy (non-hydrogen) atoms. The van der Waals surface area contributed by atoms with Gasteiger partial charge in [-0.2, -0.15) is 0 Å². The van der Waals surface area contributed by atoms with Crippen molar-refractivity contribution in [1.29, 1.82) is 0 Å². The molecule has 2 saturated heterocycles. The van der Waals surface area contributed by atoms with Crippen molar-refractivity contribution in [3.05, 3.63) is 65.7 Å². The molecule has 5 rings (SSSR count). The van der Waals surface area contributed by atoms with Crippen molar-refractivity contribution in [2.24, 2.45) is 11.3 Å². The highest BCUT2D eigenvalue weighted by molar-refractivity contribution is 5.82. The summed E-state index contributed by atoms with van der Waals surface area (Å²) >= 11 is 0. The summed E-state index contributed by atoms with van der Waals surface area (Å²) in [6.07, 6.45) is 5.28. The van der Waals surface area contributed by atoms with Gasteiger partial charge in [0.15, 0.2) is 0 Å². The number of nitrogens with one attached hydrogen (secondary N) is 1. The van der Waals surface area contributed by atoms with E-state index in [4.69, 9.17) is 4.74 Å². The number of ether oxygens (including phenoxy) is 1. The molecule has 5 heteroatoms. The Balaban J connectivity index is 1.13. The summed E-state index contributed by atoms with van der Waals surface area (Å²) in [5, 5.41) is 3.38. The van der Waals surface area contributed by atoms with Gasteiger partial charge in [0.05, 0.1) is 0 Å². The Labute approximate surface area is 204 Å². The summed E-state index contributed by atoms with van der Waals surface area (Å²) in [6, 6.07) is 19.6. The molecule has 2 aromatic carbocycles. The molecule has 5 nitrogen and oxygen atoms in total. The summed E-state index contributed by atoms with van der Waals surface area (Å²) in [7, 11) is 4.15. The van der Waals surface area contributed by atoms with E-state index in [9.17, 15) is 4.79 Å². The van der Waals surface area contributed by atoms with Gasteiger partial charge in [-0.25, -0.2) is 0 Å². The number of amides is 1. The highest BCUT2D eigenvalue weighted by Gasteiger charge is 2.58. The van der Waals surface area contributed by atoms with Crippen molar-refractivity contribution >= 4 is 11.6 Å². The average molecular weight is 462 g/mol. The highest BCUT2D eigenvalue weighted by atomic mass is 16.5. The summed E-state index contributed by atoms with van der Waals surface area (Å²) in [6.45, 7) is 5.44. The van der Waals surface area contributed by atoms with Crippen LogP contribution in [0.25, 0.3) is 0 Å². The lowest BCUT2D eigenvalue weighted by Crippen LogP contribution is -2.45. The van der Waals surface area contributed by atoms with Gasteiger partial charge in [-0.05, 0) is 73.9 Å². The van der Waals surface area contributed by atoms with Gasteiger partial charge in [-0.3, -0.25) is 9.69 Å². The zero-order valence-corrected chi connectivity index (χ0v) is 20.8. The average Bonchev–Trinajstić information content (AvgIpc) is 3.59. The minimum atomic E-state index is 0.00270. The molecular formula is C29H39N3O2. The van der Waals surface area contributed by atoms with E-state index in [1.54, 1.807) is 0 Å². The topological polar surface area (TPSA) is 44.8 Å². The molecule has 0 bridgehead atoms. The second-order valence-electron chi connectivity index (χ2n) is 10.9. The van der Waals surface area contributed by atoms with Gasteiger partial charge in [0.25, 0.3) is 0 Å². The second kappa shape index (κ2) is 9.71. The molecule has 3 fully saturated rings. The lowest BCUT2D eigenvalue weighted by Gasteiger charge is -2.38. The van der Waals surface area contributed by atoms with Crippen LogP contribution in [-0.2, 0) is 21.5 Å². The number of piperidine rings is 1. The van der Waals surface area contributed by atoms with Crippen LogP contribution in [0.1, 0.15) is 43.2 Å². The number of carbonyl (C=O) groups excluding carboxylic acids is 1. The van der Waals surface area contributed by atoms with E-state index < -0.39 is 0 Å². The third-order valence-corrected chi connectivity index (χ3v) is 8.65. The predicted octanol–water partition coefficient (Wildman–Crippen LogP) is 4.22. The number of carbonyl (C=O) groups is 1. The van der Waals surface area contributed by atoms with Crippen LogP contribution in [0, 0.1) is 11.3 Å². The Morgan fingerprint density at radius 3 is 2.32 bits per heavy atom. The zero-order valence-electron chi connectivity index (χ0n) is 20.8. The van der Waals surface area contributed by atoms with Gasteiger partial charge in [-0.15, -0.1) is 0 Å². The molecule has 1 unspecified atom stereocenters. The van der Waals surface area contributed by atoms with E-state index in [1.807, 2.05) is 0 Å². The van der Waals surface area contributed by atoms with Crippen molar-refractivity contribution in [3.8, 4) is 0 Å². The Morgan fingerprint density at radius 1 is 1.00 bits per heavy atom. The zero-order chi connectivity index (χ0) is 23.6. The molecule has 1 aliphatic carbocycles. The summed E-state index contributed by atoms with van der Waals surface area (Å²) in [5.41, 5.74) is 4.18. The van der Waals surface area contributed by atoms with Gasteiger partial charge in [-0.1, -0.05) is 42.5 Å². The molecule has 1 amide bonds. The largest absolute Gasteiger partial charge is 0.381 e. The molecule has 1 saturated carbocycles. The molecular weight excluding hydrogens is 422 g/mol. The highest BCUT2D eigenvalue weighted by Crippen LogP contribution is 2.59. The van der Waals surface area contributed by atoms with Crippen molar-refractivity contribution < 1.29 is 9.53 Å². The van der Waals surface area contributed by atoms with Crippen LogP contribution < -0.4 is 10.2 Å². The first-order chi connectivity index (χ1) is 16.5. The van der Waals surface area contributed by atoms with Crippen molar-refractivity contribution in [3.63, 3.8) is 0 Å². The van der Waals surface area contributed by atoms with Gasteiger partial charge in [0.1, 0.15) is 0 Å². The fraction of sp³-hybridized carbons (Fsp3) is 0.552. The van der Waals surface area contributed by atoms with Gasteiger partial charge >= 0.3 is 0 Å². The lowest BCUT2D eigenvalue weighted by molar-refractivity contribution is -0.124. The second-order valence-corrected chi connectivity index (χ2v) is 10.9. The van der Waals surface area contributed by atoms with Crippen LogP contribution >= 0.6 is 0 Å². The molecule has 2 aliphatic heterocycles. The Hall–Kier alpha value is -2.37. The van der Waals surface area contributed by atoms with Crippen molar-refractivity contribution in [1.82, 2.24) is 10.2 Å². The van der Waals surface area contributed by atoms with Crippen LogP contribution in [0.3, 0.4) is 0 Å². The fourth-order valence-electron chi connectivity index (χ4n) is 6.09. The van der Waals surface area contributed by atoms with E-state index >= 15 is 0 Å². The Kier molecular flexibility index (Phi) is 6.67. The monoisotopic (exact) mass is 461 g/mol. The molecule has 1 atom stereocenters. The SMILES string of the molecule is CN(C)c1ccc(CN2CCC3(CC2)CC3C(=O)NCC2(c3ccccc3)CCOCC2)cc1. The number of anilines is 1. The Bertz CT molecular complexity index is 959. The minimum absolute atomic E-state index is 0.00270. The minimum Gasteiger partial charge on any atom is -0.381 e. The first-order valence-corrected chi connectivity index (χ1v) is 12.9. The molecule has 2 aromatic rings. The van der Waals surface area contributed by atoms with E-state index in [1.165, 1.54) is 16.8 Å². The van der Waals surface area contributed by atoms with Crippen molar-refractivity contribution in [2.75, 3.05) is 51.8 Å². The maximum absolute atomic E-state index is 13.2. The number of hydrogen-bond acceptors (Lipinski definition) is 4. The van der Waals surface area contributed by atoms with Gasteiger partial charge in [0, 0.05) is 57.4 Å². The normalized spacial score (nSPS) is 23.4. The summed E-state index contributed by atoms with van der Waals surface area (Å²) < 4.78 is 5.65. The van der Waals surface area contributed by atoms with E-state index in [2.05, 4.69) is 83.8 Å². The number of nitrogens with zero attached hydrogens (tertiary/aromatic N) is 2. The molecule has 0 aromatic heterocycles. The van der Waals surface area contributed by atoms with Crippen molar-refractivity contribution in [2.45, 2.75) is 44.1 Å². The van der Waals surface area contributed by atoms with E-state index in [-0.39, 0.29) is 22.7 Å². The quantitative estimate of drug-likeness (QED) is 0.671. The summed E-state index contributed by atoms with van der Waals surface area (Å²) in [4.78, 5) is 17.9. The maximum atomic E-state index is 13.2. The molecule has 182 valence electrons. The summed E-state index contributed by atoms with van der Waals surface area (Å²) in [5.74, 6) is 0.469. The third-order valence-electron chi connectivity index (χ3n) is 8.65. The van der Waals surface area contributed by atoms with Crippen LogP contribution in [0.4, 0.5) is 5.69 Å². The predicted molar refractivity (Wildman–Crippen MR) is 137 cm³/mol. The molecule has 3 aliphatic rings. The van der Waals surface area contributed by atoms with E-state index in [0.717, 1.165) is 71.5 Å². The third kappa shape index (κ3) is 4.87. The van der Waals surface area contributed by atoms with Crippen LogP contribution in [0.5, 0.6) is 0 Å². The smallest absolute Gasteiger partial charge is 0.223 e. The first-order valence-electron chi connectivity index (χ1n) is 12.9. The number of rotatable bonds is 7. The molecule has 2 heterocycles. The number of benzene rings is 2. The van der Waals surface area contributed by atoms with Crippen LogP contribution in [0.2, 0.25) is 0 Å². The molecule has 1 N–H and O–H groups in total. The lowest BCUT2D eigenvalue weighted by atomic mass is 9.74. The van der Waals surface area contributed by atoms with Gasteiger partial charge in [0.2, 0.25) is 5.91 Å². The van der Waals surface area contributed by atoms with E-state index in [0.29, 0.717) is 0 Å². The fourth-order valence-corrected chi connectivity index (χ4v) is 6.09. The van der Waals surface area contributed by atoms with Crippen LogP contribution in [0.15, 0.2) is 54.6 Å². The Morgan fingerprint density at radius 2 is 1.68 bits per heavy atom. The number of likely N-dealkylation sites (tertiary alicyclic amines) is 1. The maximum Gasteiger partial charge on any atom is 0.223 e. The first kappa shape index (κ1) is 23.4. The number of hydrogen-bond donors (Lipinski definition) is 1. The standard InChI is InChI=1S/C29H39N3O2/c1-31(2)25-10-8-23(9-11-25)21-32-16-12-28(13-17-32)20-26(28)27(33)30-22-29(14-18-34-19-15-29)24-6-4-3-5-7-24/h3-11,26H,12-22H2,1-2H3,(H,30,33). The van der Waals surface area contributed by atoms with Gasteiger partial charge < -0.3 is 15.0 Å².